The number of anilines is 1. The molecule has 0 aromatic carbocycles. The molecule has 1 amide bonds. The van der Waals surface area contributed by atoms with Gasteiger partial charge in [-0.3, -0.25) is 14.3 Å². The van der Waals surface area contributed by atoms with E-state index in [9.17, 15) is 14.4 Å². The molecule has 0 aliphatic heterocycles. The number of fused-ring (bicyclic) bond motifs is 1. The van der Waals surface area contributed by atoms with Crippen molar-refractivity contribution in [1.29, 1.82) is 0 Å². The second-order valence-electron chi connectivity index (χ2n) is 6.93. The van der Waals surface area contributed by atoms with Crippen LogP contribution in [0.3, 0.4) is 0 Å². The predicted octanol–water partition coefficient (Wildman–Crippen LogP) is 3.12. The SMILES string of the molecule is CC(C)OC(=O)c1c(NC(=O)c2ccn(CCC(=O)O)n2)sc2c1CCCC2. The number of aromatic nitrogens is 2. The van der Waals surface area contributed by atoms with Crippen molar-refractivity contribution in [2.24, 2.45) is 0 Å². The number of ether oxygens (including phenoxy) is 1. The molecule has 3 rings (SSSR count). The first-order chi connectivity index (χ1) is 13.3. The Morgan fingerprint density at radius 1 is 1.32 bits per heavy atom. The van der Waals surface area contributed by atoms with Gasteiger partial charge in [0.05, 0.1) is 24.6 Å². The van der Waals surface area contributed by atoms with Crippen LogP contribution in [0.5, 0.6) is 0 Å². The van der Waals surface area contributed by atoms with Crippen LogP contribution in [0.4, 0.5) is 5.00 Å². The van der Waals surface area contributed by atoms with E-state index in [-0.39, 0.29) is 24.8 Å². The summed E-state index contributed by atoms with van der Waals surface area (Å²) in [5, 5.41) is 16.2. The van der Waals surface area contributed by atoms with Gasteiger partial charge < -0.3 is 15.2 Å². The Balaban J connectivity index is 1.81. The van der Waals surface area contributed by atoms with Crippen LogP contribution in [-0.4, -0.2) is 38.8 Å². The molecule has 9 heteroatoms. The number of aliphatic carboxylic acids is 1. The van der Waals surface area contributed by atoms with Gasteiger partial charge in [-0.25, -0.2) is 4.79 Å². The summed E-state index contributed by atoms with van der Waals surface area (Å²) in [5.41, 5.74) is 1.59. The van der Waals surface area contributed by atoms with Gasteiger partial charge in [0.1, 0.15) is 5.00 Å². The Hall–Kier alpha value is -2.68. The minimum Gasteiger partial charge on any atom is -0.481 e. The van der Waals surface area contributed by atoms with Crippen molar-refractivity contribution >= 4 is 34.2 Å². The fourth-order valence-electron chi connectivity index (χ4n) is 3.13. The number of aryl methyl sites for hydroxylation is 2. The Labute approximate surface area is 166 Å². The molecule has 2 heterocycles. The third-order valence-electron chi connectivity index (χ3n) is 4.37. The molecule has 0 saturated heterocycles. The molecule has 0 fully saturated rings. The van der Waals surface area contributed by atoms with E-state index in [0.717, 1.165) is 36.1 Å². The third-order valence-corrected chi connectivity index (χ3v) is 5.58. The van der Waals surface area contributed by atoms with Gasteiger partial charge in [0, 0.05) is 11.1 Å². The van der Waals surface area contributed by atoms with Crippen molar-refractivity contribution < 1.29 is 24.2 Å². The Morgan fingerprint density at radius 3 is 2.79 bits per heavy atom. The lowest BCUT2D eigenvalue weighted by atomic mass is 9.95. The second-order valence-corrected chi connectivity index (χ2v) is 8.04. The number of carbonyl (C=O) groups excluding carboxylic acids is 2. The van der Waals surface area contributed by atoms with Gasteiger partial charge in [-0.05, 0) is 51.2 Å². The molecule has 0 radical (unpaired) electrons. The van der Waals surface area contributed by atoms with E-state index < -0.39 is 17.8 Å². The molecule has 0 spiro atoms. The highest BCUT2D eigenvalue weighted by Crippen LogP contribution is 2.38. The number of nitrogens with one attached hydrogen (secondary N) is 1. The van der Waals surface area contributed by atoms with Crippen LogP contribution in [0.15, 0.2) is 12.3 Å². The monoisotopic (exact) mass is 405 g/mol. The maximum atomic E-state index is 12.6. The summed E-state index contributed by atoms with van der Waals surface area (Å²) in [7, 11) is 0. The topological polar surface area (TPSA) is 111 Å². The lowest BCUT2D eigenvalue weighted by molar-refractivity contribution is -0.137. The van der Waals surface area contributed by atoms with Gasteiger partial charge in [0.2, 0.25) is 0 Å². The summed E-state index contributed by atoms with van der Waals surface area (Å²) in [6.45, 7) is 3.76. The zero-order valence-corrected chi connectivity index (χ0v) is 16.7. The van der Waals surface area contributed by atoms with E-state index in [1.807, 2.05) is 0 Å². The predicted molar refractivity (Wildman–Crippen MR) is 104 cm³/mol. The quantitative estimate of drug-likeness (QED) is 0.685. The third kappa shape index (κ3) is 4.59. The molecule has 8 nitrogen and oxygen atoms in total. The fourth-order valence-corrected chi connectivity index (χ4v) is 4.40. The van der Waals surface area contributed by atoms with E-state index in [1.165, 1.54) is 22.1 Å². The molecule has 2 aromatic heterocycles. The average molecular weight is 405 g/mol. The summed E-state index contributed by atoms with van der Waals surface area (Å²) < 4.78 is 6.80. The maximum Gasteiger partial charge on any atom is 0.341 e. The fraction of sp³-hybridized carbons (Fsp3) is 0.474. The van der Waals surface area contributed by atoms with E-state index in [0.29, 0.717) is 10.6 Å². The van der Waals surface area contributed by atoms with Gasteiger partial charge >= 0.3 is 11.9 Å². The highest BCUT2D eigenvalue weighted by molar-refractivity contribution is 7.17. The smallest absolute Gasteiger partial charge is 0.341 e. The summed E-state index contributed by atoms with van der Waals surface area (Å²) in [5.74, 6) is -1.79. The van der Waals surface area contributed by atoms with E-state index >= 15 is 0 Å². The molecular weight excluding hydrogens is 382 g/mol. The first-order valence-corrected chi connectivity index (χ1v) is 10.1. The molecule has 0 atom stereocenters. The Kier molecular flexibility index (Phi) is 6.13. The van der Waals surface area contributed by atoms with Crippen LogP contribution >= 0.6 is 11.3 Å². The number of hydrogen-bond acceptors (Lipinski definition) is 6. The maximum absolute atomic E-state index is 12.6. The minimum atomic E-state index is -0.932. The lowest BCUT2D eigenvalue weighted by Crippen LogP contribution is -2.18. The van der Waals surface area contributed by atoms with Gasteiger partial charge in [0.15, 0.2) is 5.69 Å². The number of esters is 1. The number of amides is 1. The molecule has 0 bridgehead atoms. The van der Waals surface area contributed by atoms with Crippen molar-refractivity contribution in [3.63, 3.8) is 0 Å². The van der Waals surface area contributed by atoms with Gasteiger partial charge in [-0.1, -0.05) is 0 Å². The van der Waals surface area contributed by atoms with Crippen LogP contribution in [-0.2, 0) is 28.9 Å². The summed E-state index contributed by atoms with van der Waals surface area (Å²) in [6, 6.07) is 1.52. The van der Waals surface area contributed by atoms with Crippen molar-refractivity contribution in [1.82, 2.24) is 9.78 Å². The number of nitrogens with zero attached hydrogens (tertiary/aromatic N) is 2. The van der Waals surface area contributed by atoms with Crippen molar-refractivity contribution in [2.45, 2.75) is 58.6 Å². The second kappa shape index (κ2) is 8.55. The van der Waals surface area contributed by atoms with E-state index in [4.69, 9.17) is 9.84 Å². The van der Waals surface area contributed by atoms with Gasteiger partial charge in [-0.2, -0.15) is 5.10 Å². The molecule has 28 heavy (non-hydrogen) atoms. The number of carboxylic acids is 1. The molecular formula is C19H23N3O5S. The van der Waals surface area contributed by atoms with Crippen LogP contribution in [0.25, 0.3) is 0 Å². The first-order valence-electron chi connectivity index (χ1n) is 9.27. The van der Waals surface area contributed by atoms with Crippen molar-refractivity contribution in [3.05, 3.63) is 34.0 Å². The van der Waals surface area contributed by atoms with E-state index in [1.54, 1.807) is 20.0 Å². The molecule has 150 valence electrons. The van der Waals surface area contributed by atoms with Gasteiger partial charge in [0.25, 0.3) is 5.91 Å². The molecule has 2 N–H and O–H groups in total. The Morgan fingerprint density at radius 2 is 2.07 bits per heavy atom. The van der Waals surface area contributed by atoms with Crippen LogP contribution in [0.2, 0.25) is 0 Å². The van der Waals surface area contributed by atoms with Crippen LogP contribution in [0, 0.1) is 0 Å². The highest BCUT2D eigenvalue weighted by Gasteiger charge is 2.28. The first kappa shape index (κ1) is 20.1. The molecule has 0 unspecified atom stereocenters. The molecule has 1 aliphatic rings. The largest absolute Gasteiger partial charge is 0.481 e. The van der Waals surface area contributed by atoms with Crippen LogP contribution in [0.1, 0.15) is 64.4 Å². The van der Waals surface area contributed by atoms with Crippen molar-refractivity contribution in [2.75, 3.05) is 5.32 Å². The average Bonchev–Trinajstić information content (AvgIpc) is 3.23. The number of carboxylic acid groups (broad SMARTS) is 1. The molecule has 2 aromatic rings. The number of rotatable bonds is 7. The van der Waals surface area contributed by atoms with Crippen molar-refractivity contribution in [3.8, 4) is 0 Å². The highest BCUT2D eigenvalue weighted by atomic mass is 32.1. The van der Waals surface area contributed by atoms with E-state index in [2.05, 4.69) is 10.4 Å². The summed E-state index contributed by atoms with van der Waals surface area (Å²) >= 11 is 1.42. The number of thiophene rings is 1. The van der Waals surface area contributed by atoms with Gasteiger partial charge in [-0.15, -0.1) is 11.3 Å². The number of hydrogen-bond donors (Lipinski definition) is 2. The minimum absolute atomic E-state index is 0.0778. The summed E-state index contributed by atoms with van der Waals surface area (Å²) in [4.78, 5) is 37.0. The number of carbonyl (C=O) groups is 3. The lowest BCUT2D eigenvalue weighted by Gasteiger charge is -2.14. The van der Waals surface area contributed by atoms with Crippen LogP contribution < -0.4 is 5.32 Å². The normalized spacial score (nSPS) is 13.2. The summed E-state index contributed by atoms with van der Waals surface area (Å²) in [6.07, 6.45) is 4.99. The molecule has 0 saturated carbocycles. The standard InChI is InChI=1S/C19H23N3O5S/c1-11(2)27-19(26)16-12-5-3-4-6-14(12)28-18(16)20-17(25)13-7-9-22(21-13)10-8-15(23)24/h7,9,11H,3-6,8,10H2,1-2H3,(H,20,25)(H,23,24). The molecule has 1 aliphatic carbocycles. The zero-order valence-electron chi connectivity index (χ0n) is 15.9. The Bertz CT molecular complexity index is 900. The zero-order chi connectivity index (χ0) is 20.3.